The molecule has 0 aliphatic carbocycles. The molecule has 0 radical (unpaired) electrons. The molecule has 1 aromatic carbocycles. The van der Waals surface area contributed by atoms with Gasteiger partial charge in [-0.05, 0) is 57.4 Å². The van der Waals surface area contributed by atoms with E-state index in [4.69, 9.17) is 22.1 Å². The van der Waals surface area contributed by atoms with E-state index in [-0.39, 0.29) is 12.3 Å². The van der Waals surface area contributed by atoms with Crippen LogP contribution in [0.1, 0.15) is 57.7 Å². The van der Waals surface area contributed by atoms with Crippen molar-refractivity contribution in [2.45, 2.75) is 58.6 Å². The monoisotopic (exact) mass is 541 g/mol. The lowest BCUT2D eigenvalue weighted by molar-refractivity contribution is -0.137. The average Bonchev–Trinajstić information content (AvgIpc) is 3.09. The lowest BCUT2D eigenvalue weighted by atomic mass is 10.1. The van der Waals surface area contributed by atoms with Crippen LogP contribution in [0.15, 0.2) is 47.4 Å². The maximum atomic E-state index is 12.9. The van der Waals surface area contributed by atoms with Gasteiger partial charge in [-0.2, -0.15) is 0 Å². The Morgan fingerprint density at radius 2 is 1.86 bits per heavy atom. The Labute approximate surface area is 226 Å². The molecule has 1 aromatic heterocycles. The van der Waals surface area contributed by atoms with Crippen molar-refractivity contribution in [1.29, 1.82) is 0 Å². The lowest BCUT2D eigenvalue weighted by Gasteiger charge is -2.19. The number of unbranched alkanes of at least 4 members (excludes halogenated alkanes) is 2. The number of hydrogen-bond donors (Lipinski definition) is 2. The van der Waals surface area contributed by atoms with E-state index in [1.807, 2.05) is 63.2 Å². The molecule has 0 atom stereocenters. The van der Waals surface area contributed by atoms with Crippen molar-refractivity contribution in [1.82, 2.24) is 15.2 Å². The minimum Gasteiger partial charge on any atom is -0.481 e. The summed E-state index contributed by atoms with van der Waals surface area (Å²) in [5.74, 6) is -0.961. The normalized spacial score (nSPS) is 14.8. The fourth-order valence-electron chi connectivity index (χ4n) is 3.52. The first-order chi connectivity index (χ1) is 17.5. The van der Waals surface area contributed by atoms with Gasteiger partial charge in [0.05, 0.1) is 16.3 Å². The highest BCUT2D eigenvalue weighted by atomic mass is 32.2. The molecular weight excluding hydrogens is 510 g/mol. The topological polar surface area (TPSA) is 109 Å². The van der Waals surface area contributed by atoms with Crippen LogP contribution in [-0.4, -0.2) is 49.4 Å². The van der Waals surface area contributed by atoms with Gasteiger partial charge in [0, 0.05) is 25.1 Å². The molecule has 37 heavy (non-hydrogen) atoms. The Morgan fingerprint density at radius 3 is 2.54 bits per heavy atom. The number of hydrogen-bond acceptors (Lipinski definition) is 7. The molecule has 8 nitrogen and oxygen atoms in total. The maximum Gasteiger partial charge on any atom is 0.407 e. The van der Waals surface area contributed by atoms with Crippen LogP contribution < -0.4 is 5.32 Å². The number of amides is 2. The number of ether oxygens (including phenoxy) is 1. The van der Waals surface area contributed by atoms with E-state index >= 15 is 0 Å². The number of alkyl carbamates (subject to hydrolysis) is 1. The summed E-state index contributed by atoms with van der Waals surface area (Å²) in [5, 5.41) is 11.5. The summed E-state index contributed by atoms with van der Waals surface area (Å²) in [5.41, 5.74) is 2.70. The first-order valence-corrected chi connectivity index (χ1v) is 13.2. The number of carboxylic acid groups (broad SMARTS) is 1. The average molecular weight is 542 g/mol. The molecule has 10 heteroatoms. The number of aromatic nitrogens is 1. The Kier molecular flexibility index (Phi) is 9.82. The Hall–Kier alpha value is -3.24. The summed E-state index contributed by atoms with van der Waals surface area (Å²) in [6.07, 6.45) is 3.41. The molecule has 1 aliphatic rings. The van der Waals surface area contributed by atoms with Gasteiger partial charge in [0.25, 0.3) is 5.91 Å². The molecule has 1 aliphatic heterocycles. The van der Waals surface area contributed by atoms with Crippen molar-refractivity contribution < 1.29 is 24.2 Å². The number of carbonyl (C=O) groups is 3. The first-order valence-electron chi connectivity index (χ1n) is 12.0. The number of carbonyl (C=O) groups excluding carboxylic acids is 2. The second-order valence-corrected chi connectivity index (χ2v) is 11.2. The molecule has 0 unspecified atom stereocenters. The number of rotatable bonds is 10. The van der Waals surface area contributed by atoms with Gasteiger partial charge in [0.1, 0.15) is 9.92 Å². The van der Waals surface area contributed by atoms with Crippen molar-refractivity contribution >= 4 is 52.3 Å². The second kappa shape index (κ2) is 12.8. The molecule has 2 aromatic rings. The number of aliphatic carboxylic acids is 1. The van der Waals surface area contributed by atoms with Gasteiger partial charge >= 0.3 is 12.1 Å². The van der Waals surface area contributed by atoms with Crippen LogP contribution in [0.3, 0.4) is 0 Å². The molecule has 1 fully saturated rings. The van der Waals surface area contributed by atoms with Crippen molar-refractivity contribution in [3.8, 4) is 11.3 Å². The van der Waals surface area contributed by atoms with Crippen LogP contribution >= 0.6 is 24.0 Å². The summed E-state index contributed by atoms with van der Waals surface area (Å²) >= 11 is 6.64. The summed E-state index contributed by atoms with van der Waals surface area (Å²) in [7, 11) is 0. The van der Waals surface area contributed by atoms with Crippen LogP contribution in [0, 0.1) is 0 Å². The number of pyridine rings is 1. The largest absolute Gasteiger partial charge is 0.481 e. The fraction of sp³-hybridized carbons (Fsp3) is 0.370. The van der Waals surface area contributed by atoms with E-state index in [0.29, 0.717) is 40.9 Å². The third-order valence-corrected chi connectivity index (χ3v) is 6.66. The van der Waals surface area contributed by atoms with Crippen molar-refractivity contribution in [2.75, 3.05) is 6.54 Å². The van der Waals surface area contributed by atoms with Gasteiger partial charge in [0.2, 0.25) is 0 Å². The summed E-state index contributed by atoms with van der Waals surface area (Å²) in [6, 6.07) is 13.3. The van der Waals surface area contributed by atoms with Crippen LogP contribution in [0.5, 0.6) is 0 Å². The predicted octanol–water partition coefficient (Wildman–Crippen LogP) is 5.62. The molecule has 0 saturated carbocycles. The molecule has 1 saturated heterocycles. The van der Waals surface area contributed by atoms with E-state index < -0.39 is 17.7 Å². The lowest BCUT2D eigenvalue weighted by Crippen LogP contribution is -2.32. The summed E-state index contributed by atoms with van der Waals surface area (Å²) < 4.78 is 5.76. The minimum absolute atomic E-state index is 0.131. The van der Waals surface area contributed by atoms with Crippen LogP contribution in [0.25, 0.3) is 17.3 Å². The highest BCUT2D eigenvalue weighted by molar-refractivity contribution is 8.26. The van der Waals surface area contributed by atoms with Gasteiger partial charge in [-0.25, -0.2) is 9.78 Å². The molecule has 0 spiro atoms. The highest BCUT2D eigenvalue weighted by Gasteiger charge is 2.31. The van der Waals surface area contributed by atoms with Crippen molar-refractivity contribution in [2.24, 2.45) is 0 Å². The molecule has 0 bridgehead atoms. The SMILES string of the molecule is CC(C)(C)OC(=O)NCc1ccc(-c2cccc(/C=C3\SC(=S)N(CCCCCC(=O)O)C3=O)n2)cc1. The zero-order valence-corrected chi connectivity index (χ0v) is 22.8. The number of thioether (sulfide) groups is 1. The van der Waals surface area contributed by atoms with Gasteiger partial charge in [-0.3, -0.25) is 14.5 Å². The van der Waals surface area contributed by atoms with Crippen LogP contribution in [0.4, 0.5) is 4.79 Å². The van der Waals surface area contributed by atoms with E-state index in [2.05, 4.69) is 10.3 Å². The summed E-state index contributed by atoms with van der Waals surface area (Å²) in [4.78, 5) is 42.1. The number of nitrogens with one attached hydrogen (secondary N) is 1. The summed E-state index contributed by atoms with van der Waals surface area (Å²) in [6.45, 7) is 6.28. The Balaban J connectivity index is 1.60. The van der Waals surface area contributed by atoms with E-state index in [1.165, 1.54) is 11.8 Å². The number of carboxylic acids is 1. The van der Waals surface area contributed by atoms with Crippen molar-refractivity contribution in [3.63, 3.8) is 0 Å². The first kappa shape index (κ1) is 28.3. The molecule has 2 N–H and O–H groups in total. The zero-order valence-electron chi connectivity index (χ0n) is 21.2. The Bertz CT molecular complexity index is 1190. The van der Waals surface area contributed by atoms with Crippen LogP contribution in [0.2, 0.25) is 0 Å². The van der Waals surface area contributed by atoms with Gasteiger partial charge < -0.3 is 15.2 Å². The zero-order chi connectivity index (χ0) is 27.0. The maximum absolute atomic E-state index is 12.9. The molecule has 196 valence electrons. The minimum atomic E-state index is -0.811. The third-order valence-electron chi connectivity index (χ3n) is 5.28. The number of benzene rings is 1. The standard InChI is InChI=1S/C27H31N3O5S2/c1-27(2,3)35-25(34)28-17-18-11-13-19(14-12-18)21-9-7-8-20(29-21)16-22-24(33)30(26(36)37-22)15-6-4-5-10-23(31)32/h7-9,11-14,16H,4-6,10,15,17H2,1-3H3,(H,28,34)(H,31,32)/b22-16-. The van der Waals surface area contributed by atoms with Gasteiger partial charge in [-0.1, -0.05) is 60.7 Å². The van der Waals surface area contributed by atoms with Gasteiger partial charge in [-0.15, -0.1) is 0 Å². The van der Waals surface area contributed by atoms with E-state index in [1.54, 1.807) is 11.0 Å². The smallest absolute Gasteiger partial charge is 0.407 e. The quantitative estimate of drug-likeness (QED) is 0.227. The van der Waals surface area contributed by atoms with Crippen molar-refractivity contribution in [3.05, 3.63) is 58.6 Å². The molecule has 2 amide bonds. The Morgan fingerprint density at radius 1 is 1.14 bits per heavy atom. The fourth-order valence-corrected chi connectivity index (χ4v) is 4.82. The van der Waals surface area contributed by atoms with Crippen LogP contribution in [-0.2, 0) is 20.9 Å². The second-order valence-electron chi connectivity index (χ2n) is 9.54. The molecular formula is C27H31N3O5S2. The number of thiocarbonyl (C=S) groups is 1. The van der Waals surface area contributed by atoms with Gasteiger partial charge in [0.15, 0.2) is 0 Å². The predicted molar refractivity (Wildman–Crippen MR) is 149 cm³/mol. The number of nitrogens with zero attached hydrogens (tertiary/aromatic N) is 2. The van der Waals surface area contributed by atoms with E-state index in [0.717, 1.165) is 23.2 Å². The molecule has 3 rings (SSSR count). The highest BCUT2D eigenvalue weighted by Crippen LogP contribution is 2.33. The molecule has 2 heterocycles. The third kappa shape index (κ3) is 8.98. The van der Waals surface area contributed by atoms with E-state index in [9.17, 15) is 14.4 Å².